The predicted molar refractivity (Wildman–Crippen MR) is 42.9 cm³/mol. The number of aliphatic hydroxyl groups excluding tert-OH is 2. The minimum atomic E-state index is -0.752. The molecule has 2 heteroatoms. The highest BCUT2D eigenvalue weighted by molar-refractivity contribution is 5.23. The molecule has 2 nitrogen and oxygen atoms in total. The molecule has 0 amide bonds. The fourth-order valence-corrected chi connectivity index (χ4v) is 0.839. The van der Waals surface area contributed by atoms with E-state index in [0.29, 0.717) is 0 Å². The molecule has 0 saturated carbocycles. The van der Waals surface area contributed by atoms with Crippen molar-refractivity contribution in [3.05, 3.63) is 42.3 Å². The summed E-state index contributed by atoms with van der Waals surface area (Å²) in [7, 11) is 0. The third-order valence-corrected chi connectivity index (χ3v) is 1.37. The van der Waals surface area contributed by atoms with E-state index in [1.54, 1.807) is 6.42 Å². The highest BCUT2D eigenvalue weighted by Crippen LogP contribution is 2.04. The van der Waals surface area contributed by atoms with Gasteiger partial charge in [0.05, 0.1) is 12.7 Å². The van der Waals surface area contributed by atoms with Gasteiger partial charge in [-0.2, -0.15) is 0 Å². The molecule has 0 aromatic heterocycles. The third-order valence-electron chi connectivity index (χ3n) is 1.37. The summed E-state index contributed by atoms with van der Waals surface area (Å²) < 4.78 is 0. The van der Waals surface area contributed by atoms with Gasteiger partial charge in [-0.3, -0.25) is 0 Å². The molecule has 1 aromatic carbocycles. The van der Waals surface area contributed by atoms with Crippen LogP contribution in [0.3, 0.4) is 0 Å². The van der Waals surface area contributed by atoms with E-state index in [9.17, 15) is 0 Å². The zero-order valence-corrected chi connectivity index (χ0v) is 6.14. The molecule has 0 spiro atoms. The molecule has 0 aliphatic rings. The summed E-state index contributed by atoms with van der Waals surface area (Å²) in [6.07, 6.45) is 0.859. The molecule has 0 aliphatic heterocycles. The van der Waals surface area contributed by atoms with Crippen molar-refractivity contribution in [2.45, 2.75) is 6.10 Å². The molecule has 1 rings (SSSR count). The Bertz CT molecular complexity index is 196. The molecule has 0 fully saturated rings. The lowest BCUT2D eigenvalue weighted by Gasteiger charge is -2.04. The van der Waals surface area contributed by atoms with Crippen molar-refractivity contribution in [1.29, 1.82) is 0 Å². The van der Waals surface area contributed by atoms with Crippen LogP contribution in [-0.2, 0) is 0 Å². The second-order valence-electron chi connectivity index (χ2n) is 2.33. The van der Waals surface area contributed by atoms with E-state index >= 15 is 0 Å². The fraction of sp³-hybridized carbons (Fsp3) is 0.222. The first-order chi connectivity index (χ1) is 5.33. The molecule has 0 saturated heterocycles. The van der Waals surface area contributed by atoms with Crippen molar-refractivity contribution in [2.75, 3.05) is 6.61 Å². The molecule has 2 N–H and O–H groups in total. The monoisotopic (exact) mass is 151 g/mol. The van der Waals surface area contributed by atoms with Gasteiger partial charge in [0.2, 0.25) is 0 Å². The molecule has 1 atom stereocenters. The normalized spacial score (nSPS) is 12.9. The fourth-order valence-electron chi connectivity index (χ4n) is 0.839. The molecule has 0 bridgehead atoms. The number of benzene rings is 1. The van der Waals surface area contributed by atoms with E-state index in [1.165, 1.54) is 0 Å². The summed E-state index contributed by atoms with van der Waals surface area (Å²) in [4.78, 5) is 0. The zero-order valence-electron chi connectivity index (χ0n) is 6.14. The zero-order chi connectivity index (χ0) is 8.10. The Morgan fingerprint density at radius 1 is 1.27 bits per heavy atom. The summed E-state index contributed by atoms with van der Waals surface area (Å²) in [6.45, 7) is -0.227. The van der Waals surface area contributed by atoms with Crippen molar-refractivity contribution in [3.8, 4) is 0 Å². The molecule has 11 heavy (non-hydrogen) atoms. The lowest BCUT2D eigenvalue weighted by Crippen LogP contribution is -2.12. The van der Waals surface area contributed by atoms with Crippen LogP contribution in [0, 0.1) is 6.42 Å². The van der Waals surface area contributed by atoms with Crippen molar-refractivity contribution >= 4 is 0 Å². The quantitative estimate of drug-likeness (QED) is 0.663. The first-order valence-electron chi connectivity index (χ1n) is 3.52. The Kier molecular flexibility index (Phi) is 3.08. The first kappa shape index (κ1) is 8.24. The molecule has 0 heterocycles. The van der Waals surface area contributed by atoms with Crippen LogP contribution in [-0.4, -0.2) is 22.9 Å². The van der Waals surface area contributed by atoms with Gasteiger partial charge in [-0.15, -0.1) is 0 Å². The number of rotatable bonds is 3. The van der Waals surface area contributed by atoms with Crippen LogP contribution in [0.15, 0.2) is 30.3 Å². The predicted octanol–water partition coefficient (Wildman–Crippen LogP) is 0.592. The van der Waals surface area contributed by atoms with Crippen LogP contribution in [0.1, 0.15) is 5.56 Å². The van der Waals surface area contributed by atoms with Crippen LogP contribution in [0.2, 0.25) is 0 Å². The summed E-state index contributed by atoms with van der Waals surface area (Å²) >= 11 is 0. The van der Waals surface area contributed by atoms with Gasteiger partial charge in [0, 0.05) is 6.42 Å². The van der Waals surface area contributed by atoms with E-state index in [0.717, 1.165) is 5.56 Å². The highest BCUT2D eigenvalue weighted by Gasteiger charge is 2.02. The molecule has 1 unspecified atom stereocenters. The van der Waals surface area contributed by atoms with Gasteiger partial charge >= 0.3 is 0 Å². The minimum Gasteiger partial charge on any atom is -0.394 e. The molecule has 59 valence electrons. The number of hydrogen-bond donors (Lipinski definition) is 2. The van der Waals surface area contributed by atoms with E-state index in [4.69, 9.17) is 10.2 Å². The van der Waals surface area contributed by atoms with E-state index in [-0.39, 0.29) is 6.61 Å². The topological polar surface area (TPSA) is 40.5 Å². The van der Waals surface area contributed by atoms with Crippen molar-refractivity contribution < 1.29 is 10.2 Å². The second-order valence-corrected chi connectivity index (χ2v) is 2.33. The van der Waals surface area contributed by atoms with Crippen molar-refractivity contribution in [3.63, 3.8) is 0 Å². The van der Waals surface area contributed by atoms with Gasteiger partial charge < -0.3 is 10.2 Å². The largest absolute Gasteiger partial charge is 0.394 e. The van der Waals surface area contributed by atoms with Gasteiger partial charge in [0.15, 0.2) is 0 Å². The van der Waals surface area contributed by atoms with E-state index in [2.05, 4.69) is 0 Å². The number of hydrogen-bond acceptors (Lipinski definition) is 2. The summed E-state index contributed by atoms with van der Waals surface area (Å²) in [5.74, 6) is 0. The Balaban J connectivity index is 2.51. The Hall–Kier alpha value is -0.860. The first-order valence-corrected chi connectivity index (χ1v) is 3.52. The second kappa shape index (κ2) is 4.11. The van der Waals surface area contributed by atoms with Crippen LogP contribution in [0.5, 0.6) is 0 Å². The van der Waals surface area contributed by atoms with Crippen LogP contribution < -0.4 is 0 Å². The van der Waals surface area contributed by atoms with E-state index in [1.807, 2.05) is 30.3 Å². The van der Waals surface area contributed by atoms with E-state index < -0.39 is 6.10 Å². The minimum absolute atomic E-state index is 0.227. The Morgan fingerprint density at radius 2 is 1.91 bits per heavy atom. The Morgan fingerprint density at radius 3 is 2.45 bits per heavy atom. The average Bonchev–Trinajstić information content (AvgIpc) is 2.06. The van der Waals surface area contributed by atoms with Crippen LogP contribution >= 0.6 is 0 Å². The summed E-state index contributed by atoms with van der Waals surface area (Å²) in [5.41, 5.74) is 0.925. The lowest BCUT2D eigenvalue weighted by molar-refractivity contribution is 0.122. The Labute approximate surface area is 66.1 Å². The average molecular weight is 151 g/mol. The number of aliphatic hydroxyl groups is 2. The summed E-state index contributed by atoms with van der Waals surface area (Å²) in [6, 6.07) is 9.42. The third kappa shape index (κ3) is 2.70. The molecule has 0 aliphatic carbocycles. The van der Waals surface area contributed by atoms with Crippen molar-refractivity contribution in [2.24, 2.45) is 0 Å². The van der Waals surface area contributed by atoms with Gasteiger partial charge in [0.1, 0.15) is 0 Å². The maximum atomic E-state index is 9.01. The van der Waals surface area contributed by atoms with Crippen molar-refractivity contribution in [1.82, 2.24) is 0 Å². The maximum Gasteiger partial charge on any atom is 0.0846 e. The van der Waals surface area contributed by atoms with Gasteiger partial charge in [-0.05, 0) is 5.56 Å². The SMILES string of the molecule is OCC(O)[CH]c1ccccc1. The lowest BCUT2D eigenvalue weighted by atomic mass is 10.1. The molecule has 1 aromatic rings. The van der Waals surface area contributed by atoms with Gasteiger partial charge in [0.25, 0.3) is 0 Å². The highest BCUT2D eigenvalue weighted by atomic mass is 16.3. The summed E-state index contributed by atoms with van der Waals surface area (Å²) in [5, 5.41) is 17.5. The smallest absolute Gasteiger partial charge is 0.0846 e. The standard InChI is InChI=1S/C9H11O2/c10-7-9(11)6-8-4-2-1-3-5-8/h1-6,9-11H,7H2. The van der Waals surface area contributed by atoms with Crippen LogP contribution in [0.4, 0.5) is 0 Å². The molecule has 1 radical (unpaired) electrons. The van der Waals surface area contributed by atoms with Gasteiger partial charge in [-0.25, -0.2) is 0 Å². The maximum absolute atomic E-state index is 9.01. The molecular formula is C9H11O2. The molecular weight excluding hydrogens is 140 g/mol. The van der Waals surface area contributed by atoms with Gasteiger partial charge in [-0.1, -0.05) is 30.3 Å². The van der Waals surface area contributed by atoms with Crippen LogP contribution in [0.25, 0.3) is 0 Å².